The SMILES string of the molecule is CNC(=O)OCc1nnc(-c2c(O)nc(CCC3CC3)n(-c3c(OC)cccc3OC)c2=O)o1. The maximum Gasteiger partial charge on any atom is 0.407 e. The van der Waals surface area contributed by atoms with Crippen LogP contribution in [0, 0.1) is 5.92 Å². The number of nitrogens with zero attached hydrogens (tertiary/aromatic N) is 4. The second-order valence-electron chi connectivity index (χ2n) is 7.69. The molecule has 1 aliphatic carbocycles. The fourth-order valence-corrected chi connectivity index (χ4v) is 3.54. The molecular weight excluding hydrogens is 446 g/mol. The van der Waals surface area contributed by atoms with E-state index in [1.165, 1.54) is 25.8 Å². The minimum atomic E-state index is -0.685. The number of nitrogens with one attached hydrogen (secondary N) is 1. The first-order valence-electron chi connectivity index (χ1n) is 10.7. The number of aromatic hydroxyl groups is 1. The Hall–Kier alpha value is -4.09. The Kier molecular flexibility index (Phi) is 6.66. The molecule has 3 aromatic rings. The lowest BCUT2D eigenvalue weighted by atomic mass is 10.1. The Balaban J connectivity index is 1.84. The van der Waals surface area contributed by atoms with Gasteiger partial charge in [0, 0.05) is 13.5 Å². The van der Waals surface area contributed by atoms with Crippen molar-refractivity contribution in [2.45, 2.75) is 32.3 Å². The van der Waals surface area contributed by atoms with E-state index in [2.05, 4.69) is 20.5 Å². The number of hydrogen-bond acceptors (Lipinski definition) is 10. The predicted molar refractivity (Wildman–Crippen MR) is 118 cm³/mol. The fraction of sp³-hybridized carbons (Fsp3) is 0.409. The number of carbonyl (C=O) groups is 1. The van der Waals surface area contributed by atoms with Gasteiger partial charge in [-0.15, -0.1) is 10.2 Å². The van der Waals surface area contributed by atoms with Gasteiger partial charge in [-0.3, -0.25) is 9.36 Å². The highest BCUT2D eigenvalue weighted by atomic mass is 16.6. The molecule has 12 heteroatoms. The van der Waals surface area contributed by atoms with E-state index in [4.69, 9.17) is 18.6 Å². The van der Waals surface area contributed by atoms with Crippen molar-refractivity contribution in [1.29, 1.82) is 0 Å². The smallest absolute Gasteiger partial charge is 0.407 e. The van der Waals surface area contributed by atoms with Crippen LogP contribution in [-0.4, -0.2) is 52.2 Å². The van der Waals surface area contributed by atoms with Gasteiger partial charge >= 0.3 is 6.09 Å². The number of rotatable bonds is 9. The number of hydrogen-bond donors (Lipinski definition) is 2. The zero-order chi connectivity index (χ0) is 24.2. The Morgan fingerprint density at radius 3 is 2.56 bits per heavy atom. The molecule has 1 amide bonds. The first-order valence-corrected chi connectivity index (χ1v) is 10.7. The van der Waals surface area contributed by atoms with Crippen LogP contribution >= 0.6 is 0 Å². The Morgan fingerprint density at radius 2 is 1.94 bits per heavy atom. The largest absolute Gasteiger partial charge is 0.494 e. The fourth-order valence-electron chi connectivity index (χ4n) is 3.54. The van der Waals surface area contributed by atoms with Crippen molar-refractivity contribution >= 4 is 6.09 Å². The Bertz CT molecular complexity index is 1230. The minimum absolute atomic E-state index is 0.0587. The van der Waals surface area contributed by atoms with E-state index < -0.39 is 17.5 Å². The van der Waals surface area contributed by atoms with Crippen molar-refractivity contribution in [3.8, 4) is 34.5 Å². The molecule has 34 heavy (non-hydrogen) atoms. The van der Waals surface area contributed by atoms with Gasteiger partial charge in [0.15, 0.2) is 12.2 Å². The number of carbonyl (C=O) groups excluding carboxylic acids is 1. The number of aromatic nitrogens is 4. The van der Waals surface area contributed by atoms with Gasteiger partial charge in [0.2, 0.25) is 5.88 Å². The topological polar surface area (TPSA) is 151 Å². The summed E-state index contributed by atoms with van der Waals surface area (Å²) in [6, 6.07) is 5.13. The van der Waals surface area contributed by atoms with Crippen LogP contribution in [0.1, 0.15) is 31.0 Å². The standard InChI is InChI=1S/C22H25N5O7/c1-23-22(30)33-11-16-25-26-20(34-16)17-19(28)24-15(10-9-12-7-8-12)27(21(17)29)18-13(31-2)5-4-6-14(18)32-3/h4-6,12,28H,7-11H2,1-3H3,(H,23,30). The van der Waals surface area contributed by atoms with E-state index in [-0.39, 0.29) is 24.0 Å². The molecular formula is C22H25N5O7. The molecule has 0 saturated heterocycles. The van der Waals surface area contributed by atoms with Crippen LogP contribution in [0.25, 0.3) is 17.1 Å². The van der Waals surface area contributed by atoms with Gasteiger partial charge in [-0.25, -0.2) is 4.79 Å². The van der Waals surface area contributed by atoms with Crippen LogP contribution in [0.2, 0.25) is 0 Å². The first kappa shape index (κ1) is 23.1. The van der Waals surface area contributed by atoms with Crippen LogP contribution < -0.4 is 20.3 Å². The number of para-hydroxylation sites is 1. The monoisotopic (exact) mass is 471 g/mol. The van der Waals surface area contributed by atoms with Crippen molar-refractivity contribution in [2.75, 3.05) is 21.3 Å². The molecule has 0 bridgehead atoms. The lowest BCUT2D eigenvalue weighted by Crippen LogP contribution is -2.26. The van der Waals surface area contributed by atoms with Crippen LogP contribution in [-0.2, 0) is 17.8 Å². The molecule has 1 aliphatic rings. The van der Waals surface area contributed by atoms with Crippen molar-refractivity contribution in [2.24, 2.45) is 5.92 Å². The van der Waals surface area contributed by atoms with Crippen molar-refractivity contribution in [3.05, 3.63) is 40.3 Å². The molecule has 1 fully saturated rings. The van der Waals surface area contributed by atoms with Crippen LogP contribution in [0.4, 0.5) is 4.79 Å². The number of alkyl carbamates (subject to hydrolysis) is 1. The summed E-state index contributed by atoms with van der Waals surface area (Å²) in [4.78, 5) is 29.4. The van der Waals surface area contributed by atoms with E-state index in [0.717, 1.165) is 19.3 Å². The maximum atomic E-state index is 13.8. The third-order valence-corrected chi connectivity index (χ3v) is 5.44. The van der Waals surface area contributed by atoms with Gasteiger partial charge in [0.1, 0.15) is 23.0 Å². The van der Waals surface area contributed by atoms with Crippen LogP contribution in [0.15, 0.2) is 27.4 Å². The number of ether oxygens (including phenoxy) is 3. The molecule has 1 aromatic carbocycles. The maximum absolute atomic E-state index is 13.8. The zero-order valence-corrected chi connectivity index (χ0v) is 19.0. The van der Waals surface area contributed by atoms with Crippen LogP contribution in [0.3, 0.4) is 0 Å². The van der Waals surface area contributed by atoms with Gasteiger partial charge in [-0.05, 0) is 24.5 Å². The summed E-state index contributed by atoms with van der Waals surface area (Å²) in [5, 5.41) is 20.6. The molecule has 2 N–H and O–H groups in total. The average molecular weight is 471 g/mol. The molecule has 0 atom stereocenters. The number of methoxy groups -OCH3 is 2. The minimum Gasteiger partial charge on any atom is -0.494 e. The molecule has 2 aromatic heterocycles. The Morgan fingerprint density at radius 1 is 1.24 bits per heavy atom. The average Bonchev–Trinajstić information content (AvgIpc) is 3.57. The molecule has 0 aliphatic heterocycles. The van der Waals surface area contributed by atoms with E-state index >= 15 is 0 Å². The summed E-state index contributed by atoms with van der Waals surface area (Å²) in [5.41, 5.74) is -0.579. The second kappa shape index (κ2) is 9.81. The van der Waals surface area contributed by atoms with Crippen LogP contribution in [0.5, 0.6) is 17.4 Å². The summed E-state index contributed by atoms with van der Waals surface area (Å²) in [6.45, 7) is -0.311. The molecule has 0 radical (unpaired) electrons. The number of amides is 1. The molecule has 0 spiro atoms. The molecule has 2 heterocycles. The summed E-state index contributed by atoms with van der Waals surface area (Å²) in [5.74, 6) is 0.839. The Labute approximate surface area is 194 Å². The second-order valence-corrected chi connectivity index (χ2v) is 7.69. The molecule has 180 valence electrons. The van der Waals surface area contributed by atoms with Crippen molar-refractivity contribution in [1.82, 2.24) is 25.1 Å². The zero-order valence-electron chi connectivity index (χ0n) is 19.0. The molecule has 0 unspecified atom stereocenters. The third kappa shape index (κ3) is 4.65. The quantitative estimate of drug-likeness (QED) is 0.475. The van der Waals surface area contributed by atoms with Gasteiger partial charge in [0.25, 0.3) is 17.3 Å². The van der Waals surface area contributed by atoms with Gasteiger partial charge in [0.05, 0.1) is 14.2 Å². The number of aryl methyl sites for hydroxylation is 1. The highest BCUT2D eigenvalue weighted by molar-refractivity contribution is 5.66. The third-order valence-electron chi connectivity index (χ3n) is 5.44. The molecule has 12 nitrogen and oxygen atoms in total. The summed E-state index contributed by atoms with van der Waals surface area (Å²) < 4.78 is 22.7. The number of benzene rings is 1. The van der Waals surface area contributed by atoms with Gasteiger partial charge in [-0.2, -0.15) is 4.98 Å². The first-order chi connectivity index (χ1) is 16.5. The normalized spacial score (nSPS) is 12.9. The van der Waals surface area contributed by atoms with Crippen molar-refractivity contribution < 1.29 is 28.5 Å². The lowest BCUT2D eigenvalue weighted by Gasteiger charge is -2.18. The molecule has 4 rings (SSSR count). The van der Waals surface area contributed by atoms with Gasteiger partial charge < -0.3 is 29.1 Å². The summed E-state index contributed by atoms with van der Waals surface area (Å²) in [7, 11) is 4.38. The van der Waals surface area contributed by atoms with E-state index in [1.807, 2.05) is 0 Å². The van der Waals surface area contributed by atoms with Gasteiger partial charge in [-0.1, -0.05) is 18.9 Å². The summed E-state index contributed by atoms with van der Waals surface area (Å²) >= 11 is 0. The van der Waals surface area contributed by atoms with Crippen molar-refractivity contribution in [3.63, 3.8) is 0 Å². The highest BCUT2D eigenvalue weighted by Crippen LogP contribution is 2.36. The van der Waals surface area contributed by atoms with E-state index in [0.29, 0.717) is 35.3 Å². The predicted octanol–water partition coefficient (Wildman–Crippen LogP) is 2.20. The lowest BCUT2D eigenvalue weighted by molar-refractivity contribution is 0.131. The molecule has 1 saturated carbocycles. The van der Waals surface area contributed by atoms with E-state index in [1.54, 1.807) is 18.2 Å². The highest BCUT2D eigenvalue weighted by Gasteiger charge is 2.28. The van der Waals surface area contributed by atoms with E-state index in [9.17, 15) is 14.7 Å². The summed E-state index contributed by atoms with van der Waals surface area (Å²) in [6.07, 6.45) is 2.87.